The summed E-state index contributed by atoms with van der Waals surface area (Å²) in [5, 5.41) is 0. The first-order valence-corrected chi connectivity index (χ1v) is 11.3. The molecule has 4 atom stereocenters. The van der Waals surface area contributed by atoms with E-state index in [-0.39, 0.29) is 23.9 Å². The molecule has 2 nitrogen and oxygen atoms in total. The Labute approximate surface area is 166 Å². The molecule has 2 fully saturated rings. The normalized spacial score (nSPS) is 31.2. The Kier molecular flexibility index (Phi) is 7.00. The van der Waals surface area contributed by atoms with Crippen LogP contribution in [0.5, 0.6) is 0 Å². The topological polar surface area (TPSA) is 26.3 Å². The first kappa shape index (κ1) is 20.4. The molecule has 1 aliphatic heterocycles. The third-order valence-corrected chi connectivity index (χ3v) is 7.46. The highest BCUT2D eigenvalue weighted by Crippen LogP contribution is 2.41. The van der Waals surface area contributed by atoms with Crippen LogP contribution in [0.4, 0.5) is 0 Å². The second-order valence-corrected chi connectivity index (χ2v) is 9.29. The van der Waals surface area contributed by atoms with Crippen molar-refractivity contribution in [3.63, 3.8) is 0 Å². The summed E-state index contributed by atoms with van der Waals surface area (Å²) >= 11 is 0. The van der Waals surface area contributed by atoms with Crippen LogP contribution in [0.1, 0.15) is 89.2 Å². The van der Waals surface area contributed by atoms with Gasteiger partial charge in [0.2, 0.25) is 0 Å². The van der Waals surface area contributed by atoms with Gasteiger partial charge in [0.05, 0.1) is 5.92 Å². The van der Waals surface area contributed by atoms with Crippen LogP contribution >= 0.6 is 0 Å². The fourth-order valence-corrected chi connectivity index (χ4v) is 5.40. The SMILES string of the molecule is CCCC1CCC(C(C)C2CCC(C(C)c3ccc(C)cc3)C(=O)O2)CC1. The van der Waals surface area contributed by atoms with E-state index in [2.05, 4.69) is 52.0 Å². The summed E-state index contributed by atoms with van der Waals surface area (Å²) in [4.78, 5) is 12.8. The van der Waals surface area contributed by atoms with E-state index in [0.717, 1.165) is 24.7 Å². The lowest BCUT2D eigenvalue weighted by Gasteiger charge is -2.39. The standard InChI is InChI=1S/C25H38O2/c1-5-6-20-9-13-22(14-10-20)19(4)24-16-15-23(25(26)27-24)18(3)21-11-7-17(2)8-12-21/h7-8,11-12,18-20,22-24H,5-6,9-10,13-16H2,1-4H3. The van der Waals surface area contributed by atoms with Gasteiger partial charge < -0.3 is 4.74 Å². The number of carbonyl (C=O) groups excluding carboxylic acids is 1. The van der Waals surface area contributed by atoms with E-state index in [1.165, 1.54) is 49.7 Å². The predicted octanol–water partition coefficient (Wildman–Crippen LogP) is 6.66. The maximum Gasteiger partial charge on any atom is 0.309 e. The lowest BCUT2D eigenvalue weighted by atomic mass is 9.72. The zero-order chi connectivity index (χ0) is 19.4. The van der Waals surface area contributed by atoms with Crippen molar-refractivity contribution in [2.24, 2.45) is 23.7 Å². The second-order valence-electron chi connectivity index (χ2n) is 9.29. The summed E-state index contributed by atoms with van der Waals surface area (Å²) in [5.41, 5.74) is 2.52. The molecule has 0 bridgehead atoms. The Bertz CT molecular complexity index is 597. The van der Waals surface area contributed by atoms with Gasteiger partial charge in [-0.25, -0.2) is 0 Å². The molecule has 0 N–H and O–H groups in total. The number of hydrogen-bond donors (Lipinski definition) is 0. The summed E-state index contributed by atoms with van der Waals surface area (Å²) in [5.74, 6) is 2.46. The first-order valence-electron chi connectivity index (χ1n) is 11.3. The molecule has 2 heteroatoms. The van der Waals surface area contributed by atoms with Crippen LogP contribution in [0.25, 0.3) is 0 Å². The monoisotopic (exact) mass is 370 g/mol. The Morgan fingerprint density at radius 3 is 2.26 bits per heavy atom. The first-order chi connectivity index (χ1) is 13.0. The summed E-state index contributed by atoms with van der Waals surface area (Å²) in [6.45, 7) is 8.90. The third-order valence-electron chi connectivity index (χ3n) is 7.46. The van der Waals surface area contributed by atoms with Crippen LogP contribution in [0, 0.1) is 30.6 Å². The number of ether oxygens (including phenoxy) is 1. The molecule has 0 aromatic heterocycles. The number of carbonyl (C=O) groups is 1. The van der Waals surface area contributed by atoms with Gasteiger partial charge in [-0.2, -0.15) is 0 Å². The van der Waals surface area contributed by atoms with Crippen LogP contribution < -0.4 is 0 Å². The highest BCUT2D eigenvalue weighted by atomic mass is 16.5. The maximum absolute atomic E-state index is 12.8. The molecular weight excluding hydrogens is 332 g/mol. The van der Waals surface area contributed by atoms with Crippen molar-refractivity contribution >= 4 is 5.97 Å². The van der Waals surface area contributed by atoms with E-state index in [4.69, 9.17) is 4.74 Å². The Hall–Kier alpha value is -1.31. The van der Waals surface area contributed by atoms with E-state index in [0.29, 0.717) is 5.92 Å². The van der Waals surface area contributed by atoms with Crippen molar-refractivity contribution in [1.29, 1.82) is 0 Å². The van der Waals surface area contributed by atoms with Crippen molar-refractivity contribution in [1.82, 2.24) is 0 Å². The molecule has 0 radical (unpaired) electrons. The number of cyclic esters (lactones) is 1. The molecule has 1 aromatic carbocycles. The minimum absolute atomic E-state index is 0.0106. The predicted molar refractivity (Wildman–Crippen MR) is 112 cm³/mol. The number of hydrogen-bond acceptors (Lipinski definition) is 2. The van der Waals surface area contributed by atoms with Gasteiger partial charge in [0.25, 0.3) is 0 Å². The average Bonchev–Trinajstić information content (AvgIpc) is 2.68. The van der Waals surface area contributed by atoms with Crippen molar-refractivity contribution < 1.29 is 9.53 Å². The molecule has 1 aromatic rings. The van der Waals surface area contributed by atoms with Crippen molar-refractivity contribution in [2.45, 2.75) is 91.1 Å². The maximum atomic E-state index is 12.8. The zero-order valence-electron chi connectivity index (χ0n) is 17.7. The van der Waals surface area contributed by atoms with Gasteiger partial charge in [0.1, 0.15) is 6.10 Å². The molecule has 1 aliphatic carbocycles. The molecule has 0 spiro atoms. The van der Waals surface area contributed by atoms with Crippen LogP contribution in [-0.2, 0) is 9.53 Å². The molecule has 1 heterocycles. The van der Waals surface area contributed by atoms with Gasteiger partial charge in [0.15, 0.2) is 0 Å². The Morgan fingerprint density at radius 1 is 1.00 bits per heavy atom. The van der Waals surface area contributed by atoms with Gasteiger partial charge >= 0.3 is 5.97 Å². The number of rotatable bonds is 6. The smallest absolute Gasteiger partial charge is 0.309 e. The Morgan fingerprint density at radius 2 is 1.67 bits per heavy atom. The highest BCUT2D eigenvalue weighted by molar-refractivity contribution is 5.74. The summed E-state index contributed by atoms with van der Waals surface area (Å²) in [7, 11) is 0. The van der Waals surface area contributed by atoms with Crippen molar-refractivity contribution in [3.05, 3.63) is 35.4 Å². The molecule has 3 rings (SSSR count). The molecule has 2 aliphatic rings. The number of benzene rings is 1. The molecular formula is C25H38O2. The number of esters is 1. The van der Waals surface area contributed by atoms with E-state index in [9.17, 15) is 4.79 Å². The van der Waals surface area contributed by atoms with Crippen molar-refractivity contribution in [2.75, 3.05) is 0 Å². The van der Waals surface area contributed by atoms with Gasteiger partial charge in [-0.15, -0.1) is 0 Å². The van der Waals surface area contributed by atoms with E-state index in [1.807, 2.05) is 0 Å². The molecule has 0 amide bonds. The zero-order valence-corrected chi connectivity index (χ0v) is 17.7. The second kappa shape index (κ2) is 9.26. The van der Waals surface area contributed by atoms with E-state index < -0.39 is 0 Å². The van der Waals surface area contributed by atoms with Crippen LogP contribution in [0.2, 0.25) is 0 Å². The minimum atomic E-state index is 0.0106. The lowest BCUT2D eigenvalue weighted by molar-refractivity contribution is -0.166. The molecule has 1 saturated heterocycles. The summed E-state index contributed by atoms with van der Waals surface area (Å²) in [6, 6.07) is 8.60. The van der Waals surface area contributed by atoms with Gasteiger partial charge in [-0.3, -0.25) is 4.79 Å². The Balaban J connectivity index is 1.53. The fraction of sp³-hybridized carbons (Fsp3) is 0.720. The van der Waals surface area contributed by atoms with Gasteiger partial charge in [0, 0.05) is 0 Å². The van der Waals surface area contributed by atoms with Gasteiger partial charge in [-0.05, 0) is 61.8 Å². The summed E-state index contributed by atoms with van der Waals surface area (Å²) < 4.78 is 6.02. The minimum Gasteiger partial charge on any atom is -0.462 e. The number of aryl methyl sites for hydroxylation is 1. The fourth-order valence-electron chi connectivity index (χ4n) is 5.40. The van der Waals surface area contributed by atoms with Crippen LogP contribution in [-0.4, -0.2) is 12.1 Å². The molecule has 1 saturated carbocycles. The average molecular weight is 371 g/mol. The molecule has 4 unspecified atom stereocenters. The highest BCUT2D eigenvalue weighted by Gasteiger charge is 2.39. The summed E-state index contributed by atoms with van der Waals surface area (Å²) in [6.07, 6.45) is 10.2. The van der Waals surface area contributed by atoms with Crippen LogP contribution in [0.15, 0.2) is 24.3 Å². The molecule has 150 valence electrons. The van der Waals surface area contributed by atoms with Crippen molar-refractivity contribution in [3.8, 4) is 0 Å². The lowest BCUT2D eigenvalue weighted by Crippen LogP contribution is -2.39. The van der Waals surface area contributed by atoms with Gasteiger partial charge in [-0.1, -0.05) is 76.3 Å². The quantitative estimate of drug-likeness (QED) is 0.523. The van der Waals surface area contributed by atoms with E-state index >= 15 is 0 Å². The largest absolute Gasteiger partial charge is 0.462 e. The van der Waals surface area contributed by atoms with Crippen LogP contribution in [0.3, 0.4) is 0 Å². The third kappa shape index (κ3) is 4.95. The molecule has 27 heavy (non-hydrogen) atoms. The van der Waals surface area contributed by atoms with E-state index in [1.54, 1.807) is 0 Å².